The van der Waals surface area contributed by atoms with Crippen molar-refractivity contribution < 1.29 is 13.9 Å². The highest BCUT2D eigenvalue weighted by molar-refractivity contribution is 9.10. The van der Waals surface area contributed by atoms with Crippen molar-refractivity contribution in [2.24, 2.45) is 0 Å². The zero-order valence-corrected chi connectivity index (χ0v) is 20.8. The third-order valence-corrected chi connectivity index (χ3v) is 6.32. The van der Waals surface area contributed by atoms with Crippen LogP contribution in [0.15, 0.2) is 44.4 Å². The maximum absolute atomic E-state index is 12.3. The molecule has 1 N–H and O–H groups in total. The Bertz CT molecular complexity index is 1080. The van der Waals surface area contributed by atoms with Crippen molar-refractivity contribution in [3.8, 4) is 5.75 Å². The molecule has 10 heteroatoms. The first-order valence-corrected chi connectivity index (χ1v) is 11.9. The number of carbonyl (C=O) groups excluding carboxylic acids is 1. The third-order valence-electron chi connectivity index (χ3n) is 4.32. The topological polar surface area (TPSA) is 77.2 Å². The molecule has 0 aliphatic rings. The van der Waals surface area contributed by atoms with E-state index in [9.17, 15) is 4.79 Å². The summed E-state index contributed by atoms with van der Waals surface area (Å²) < 4.78 is 12.1. The largest absolute Gasteiger partial charge is 0.492 e. The molecule has 1 heterocycles. The molecular formula is C21H20BrCl2N3O3S. The molecular weight excluding hydrogens is 525 g/mol. The van der Waals surface area contributed by atoms with Crippen molar-refractivity contribution in [2.45, 2.75) is 31.9 Å². The maximum atomic E-state index is 12.3. The standard InChI is InChI=1S/C21H20BrCl2N3O3S/c1-12-8-15(22)17(9-13(12)2)25-19(28)11-31-21-27-26-20(30-21)4-3-7-29-18-6-5-14(23)10-16(18)24/h5-6,8-10H,3-4,7,11H2,1-2H3,(H,25,28). The van der Waals surface area contributed by atoms with E-state index in [1.807, 2.05) is 26.0 Å². The lowest BCUT2D eigenvalue weighted by atomic mass is 10.1. The van der Waals surface area contributed by atoms with Crippen molar-refractivity contribution in [3.05, 3.63) is 61.9 Å². The summed E-state index contributed by atoms with van der Waals surface area (Å²) in [6, 6.07) is 9.00. The first kappa shape index (κ1) is 23.9. The van der Waals surface area contributed by atoms with Gasteiger partial charge in [-0.05, 0) is 77.7 Å². The number of carbonyl (C=O) groups is 1. The molecule has 1 aromatic heterocycles. The van der Waals surface area contributed by atoms with Gasteiger partial charge in [0.15, 0.2) is 0 Å². The van der Waals surface area contributed by atoms with E-state index in [0.29, 0.717) is 46.4 Å². The van der Waals surface area contributed by atoms with Gasteiger partial charge in [-0.15, -0.1) is 10.2 Å². The van der Waals surface area contributed by atoms with Crippen LogP contribution in [0.4, 0.5) is 5.69 Å². The molecule has 2 aromatic carbocycles. The normalized spacial score (nSPS) is 10.9. The number of amides is 1. The van der Waals surface area contributed by atoms with Gasteiger partial charge in [-0.25, -0.2) is 0 Å². The molecule has 0 aliphatic heterocycles. The SMILES string of the molecule is Cc1cc(Br)c(NC(=O)CSc2nnc(CCCOc3ccc(Cl)cc3Cl)o2)cc1C. The van der Waals surface area contributed by atoms with Gasteiger partial charge in [-0.3, -0.25) is 4.79 Å². The van der Waals surface area contributed by atoms with Crippen LogP contribution in [0.3, 0.4) is 0 Å². The number of nitrogens with one attached hydrogen (secondary N) is 1. The van der Waals surface area contributed by atoms with Gasteiger partial charge in [0.2, 0.25) is 11.8 Å². The van der Waals surface area contributed by atoms with Gasteiger partial charge in [-0.2, -0.15) is 0 Å². The van der Waals surface area contributed by atoms with E-state index in [2.05, 4.69) is 31.4 Å². The number of benzene rings is 2. The van der Waals surface area contributed by atoms with Crippen LogP contribution in [0.25, 0.3) is 0 Å². The van der Waals surface area contributed by atoms with Crippen molar-refractivity contribution in [1.82, 2.24) is 10.2 Å². The third kappa shape index (κ3) is 7.14. The Morgan fingerprint density at radius 1 is 1.19 bits per heavy atom. The molecule has 31 heavy (non-hydrogen) atoms. The van der Waals surface area contributed by atoms with Crippen molar-refractivity contribution in [1.29, 1.82) is 0 Å². The molecule has 0 radical (unpaired) electrons. The molecule has 6 nitrogen and oxygen atoms in total. The zero-order valence-electron chi connectivity index (χ0n) is 16.9. The Hall–Kier alpha value is -1.74. The van der Waals surface area contributed by atoms with Crippen LogP contribution in [-0.2, 0) is 11.2 Å². The minimum atomic E-state index is -0.151. The minimum Gasteiger partial charge on any atom is -0.492 e. The van der Waals surface area contributed by atoms with E-state index in [1.54, 1.807) is 18.2 Å². The number of hydrogen-bond acceptors (Lipinski definition) is 6. The number of aryl methyl sites for hydroxylation is 3. The van der Waals surface area contributed by atoms with Gasteiger partial charge in [0.05, 0.1) is 23.1 Å². The summed E-state index contributed by atoms with van der Waals surface area (Å²) >= 11 is 16.6. The summed E-state index contributed by atoms with van der Waals surface area (Å²) in [5, 5.41) is 12.3. The Kier molecular flexibility index (Phi) is 8.66. The van der Waals surface area contributed by atoms with Crippen LogP contribution in [-0.4, -0.2) is 28.5 Å². The van der Waals surface area contributed by atoms with Crippen LogP contribution in [0.1, 0.15) is 23.4 Å². The molecule has 0 saturated heterocycles. The molecule has 3 aromatic rings. The minimum absolute atomic E-state index is 0.151. The van der Waals surface area contributed by atoms with Gasteiger partial charge >= 0.3 is 0 Å². The second-order valence-electron chi connectivity index (χ2n) is 6.74. The van der Waals surface area contributed by atoms with E-state index in [0.717, 1.165) is 21.3 Å². The van der Waals surface area contributed by atoms with E-state index in [1.165, 1.54) is 11.8 Å². The van der Waals surface area contributed by atoms with Gasteiger partial charge in [0.1, 0.15) is 5.75 Å². The predicted octanol–water partition coefficient (Wildman–Crippen LogP) is 6.50. The number of halogens is 3. The monoisotopic (exact) mass is 543 g/mol. The second-order valence-corrected chi connectivity index (χ2v) is 9.37. The Morgan fingerprint density at radius 3 is 2.74 bits per heavy atom. The van der Waals surface area contributed by atoms with E-state index in [-0.39, 0.29) is 11.7 Å². The highest BCUT2D eigenvalue weighted by Crippen LogP contribution is 2.28. The summed E-state index contributed by atoms with van der Waals surface area (Å²) in [6.07, 6.45) is 1.23. The summed E-state index contributed by atoms with van der Waals surface area (Å²) in [5.74, 6) is 1.08. The second kappa shape index (κ2) is 11.2. The van der Waals surface area contributed by atoms with Crippen LogP contribution < -0.4 is 10.1 Å². The summed E-state index contributed by atoms with van der Waals surface area (Å²) in [5.41, 5.74) is 3.00. The molecule has 164 valence electrons. The highest BCUT2D eigenvalue weighted by Gasteiger charge is 2.12. The van der Waals surface area contributed by atoms with Gasteiger partial charge in [0, 0.05) is 15.9 Å². The molecule has 3 rings (SSSR count). The number of ether oxygens (including phenoxy) is 1. The first-order chi connectivity index (χ1) is 14.8. The van der Waals surface area contributed by atoms with Crippen LogP contribution in [0.2, 0.25) is 10.0 Å². The lowest BCUT2D eigenvalue weighted by Gasteiger charge is -2.09. The van der Waals surface area contributed by atoms with Crippen LogP contribution in [0.5, 0.6) is 5.75 Å². The molecule has 0 atom stereocenters. The summed E-state index contributed by atoms with van der Waals surface area (Å²) in [7, 11) is 0. The van der Waals surface area contributed by atoms with Gasteiger partial charge < -0.3 is 14.5 Å². The summed E-state index contributed by atoms with van der Waals surface area (Å²) in [6.45, 7) is 4.47. The van der Waals surface area contributed by atoms with E-state index in [4.69, 9.17) is 32.4 Å². The molecule has 0 fully saturated rings. The van der Waals surface area contributed by atoms with Crippen LogP contribution in [0, 0.1) is 13.8 Å². The van der Waals surface area contributed by atoms with Gasteiger partial charge in [-0.1, -0.05) is 35.0 Å². The van der Waals surface area contributed by atoms with Crippen molar-refractivity contribution in [2.75, 3.05) is 17.7 Å². The first-order valence-electron chi connectivity index (χ1n) is 9.41. The number of hydrogen-bond donors (Lipinski definition) is 1. The van der Waals surface area contributed by atoms with Crippen molar-refractivity contribution in [3.63, 3.8) is 0 Å². The van der Waals surface area contributed by atoms with E-state index < -0.39 is 0 Å². The van der Waals surface area contributed by atoms with E-state index >= 15 is 0 Å². The molecule has 0 bridgehead atoms. The fourth-order valence-corrected chi connectivity index (χ4v) is 4.19. The smallest absolute Gasteiger partial charge is 0.277 e. The Balaban J connectivity index is 1.41. The fourth-order valence-electron chi connectivity index (χ4n) is 2.59. The maximum Gasteiger partial charge on any atom is 0.277 e. The molecule has 0 spiro atoms. The zero-order chi connectivity index (χ0) is 22.4. The Morgan fingerprint density at radius 2 is 1.97 bits per heavy atom. The highest BCUT2D eigenvalue weighted by atomic mass is 79.9. The molecule has 1 amide bonds. The van der Waals surface area contributed by atoms with Crippen molar-refractivity contribution >= 4 is 62.5 Å². The molecule has 0 unspecified atom stereocenters. The number of thioether (sulfide) groups is 1. The lowest BCUT2D eigenvalue weighted by Crippen LogP contribution is -2.14. The summed E-state index contributed by atoms with van der Waals surface area (Å²) in [4.78, 5) is 12.3. The molecule has 0 saturated carbocycles. The predicted molar refractivity (Wildman–Crippen MR) is 128 cm³/mol. The number of aromatic nitrogens is 2. The van der Waals surface area contributed by atoms with Crippen LogP contribution >= 0.6 is 50.9 Å². The fraction of sp³-hybridized carbons (Fsp3) is 0.286. The molecule has 0 aliphatic carbocycles. The number of anilines is 1. The lowest BCUT2D eigenvalue weighted by molar-refractivity contribution is -0.113. The number of nitrogens with zero attached hydrogens (tertiary/aromatic N) is 2. The average Bonchev–Trinajstić information content (AvgIpc) is 3.17. The quantitative estimate of drug-likeness (QED) is 0.245. The number of rotatable bonds is 9. The van der Waals surface area contributed by atoms with Gasteiger partial charge in [0.25, 0.3) is 5.22 Å². The Labute approximate surface area is 203 Å². The average molecular weight is 545 g/mol.